The zero-order valence-corrected chi connectivity index (χ0v) is 18.6. The van der Waals surface area contributed by atoms with Gasteiger partial charge in [-0.1, -0.05) is 12.6 Å². The third-order valence-corrected chi connectivity index (χ3v) is 5.81. The van der Waals surface area contributed by atoms with Gasteiger partial charge in [0.2, 0.25) is 0 Å². The molecule has 2 aromatic carbocycles. The standard InChI is InChI=1S/C25H30FN3O3/c1-17-4-9-22(24(31)27-11-13-30)18(2)23(17)16-28(3)14-19-10-12-29(15-19)25(32)20-5-7-21(26)8-6-20/h4-9,16,19,30H,1,10-15H2,2-3H3,(H,27,31)/b23-16+. The summed E-state index contributed by atoms with van der Waals surface area (Å²) in [5.74, 6) is -0.338. The number of nitrogens with zero attached hydrogens (tertiary/aromatic N) is 2. The van der Waals surface area contributed by atoms with Crippen molar-refractivity contribution in [3.05, 3.63) is 69.3 Å². The van der Waals surface area contributed by atoms with E-state index in [1.807, 2.05) is 31.1 Å². The molecule has 1 saturated heterocycles. The average Bonchev–Trinajstić information content (AvgIpc) is 3.23. The summed E-state index contributed by atoms with van der Waals surface area (Å²) in [5.41, 5.74) is 1.89. The Kier molecular flexibility index (Phi) is 7.64. The van der Waals surface area contributed by atoms with Crippen LogP contribution in [0.2, 0.25) is 0 Å². The first-order chi connectivity index (χ1) is 15.3. The molecule has 2 amide bonds. The zero-order chi connectivity index (χ0) is 23.3. The number of hydrogen-bond donors (Lipinski definition) is 2. The summed E-state index contributed by atoms with van der Waals surface area (Å²) in [5, 5.41) is 13.3. The molecule has 0 radical (unpaired) electrons. The number of aliphatic hydroxyl groups excluding tert-OH is 1. The van der Waals surface area contributed by atoms with Crippen molar-refractivity contribution < 1.29 is 19.1 Å². The number of nitrogens with one attached hydrogen (secondary N) is 1. The Morgan fingerprint density at radius 2 is 2.00 bits per heavy atom. The molecule has 32 heavy (non-hydrogen) atoms. The Bertz CT molecular complexity index is 1080. The first kappa shape index (κ1) is 23.5. The third-order valence-electron chi connectivity index (χ3n) is 5.81. The molecule has 0 saturated carbocycles. The van der Waals surface area contributed by atoms with E-state index >= 15 is 0 Å². The number of aliphatic hydroxyl groups is 1. The van der Waals surface area contributed by atoms with Gasteiger partial charge >= 0.3 is 0 Å². The largest absolute Gasteiger partial charge is 0.395 e. The zero-order valence-electron chi connectivity index (χ0n) is 18.6. The molecule has 1 unspecified atom stereocenters. The molecule has 0 aromatic heterocycles. The number of likely N-dealkylation sites (tertiary alicyclic amines) is 1. The highest BCUT2D eigenvalue weighted by Gasteiger charge is 2.27. The monoisotopic (exact) mass is 439 g/mol. The Hall–Kier alpha value is -3.19. The highest BCUT2D eigenvalue weighted by molar-refractivity contribution is 5.95. The Morgan fingerprint density at radius 3 is 2.69 bits per heavy atom. The minimum Gasteiger partial charge on any atom is -0.395 e. The van der Waals surface area contributed by atoms with Crippen LogP contribution in [0.1, 0.15) is 32.7 Å². The van der Waals surface area contributed by atoms with Gasteiger partial charge in [-0.2, -0.15) is 0 Å². The molecule has 0 spiro atoms. The van der Waals surface area contributed by atoms with E-state index in [4.69, 9.17) is 5.11 Å². The number of carbonyl (C=O) groups excluding carboxylic acids is 2. The summed E-state index contributed by atoms with van der Waals surface area (Å²) >= 11 is 0. The average molecular weight is 440 g/mol. The van der Waals surface area contributed by atoms with Gasteiger partial charge in [0.25, 0.3) is 11.8 Å². The summed E-state index contributed by atoms with van der Waals surface area (Å²) in [4.78, 5) is 28.9. The Morgan fingerprint density at radius 1 is 1.28 bits per heavy atom. The molecule has 6 nitrogen and oxygen atoms in total. The number of benzene rings is 2. The van der Waals surface area contributed by atoms with Gasteiger partial charge in [0.05, 0.1) is 6.61 Å². The van der Waals surface area contributed by atoms with Crippen LogP contribution in [0, 0.1) is 18.7 Å². The molecule has 1 aliphatic rings. The predicted octanol–water partition coefficient (Wildman–Crippen LogP) is 1.10. The van der Waals surface area contributed by atoms with Crippen LogP contribution in [0.15, 0.2) is 36.4 Å². The number of halogens is 1. The van der Waals surface area contributed by atoms with Gasteiger partial charge in [0.1, 0.15) is 5.82 Å². The molecule has 1 atom stereocenters. The molecule has 170 valence electrons. The SMILES string of the molecule is C=c1ccc(C(=O)NCCO)c(C)/c1=C/N(C)CC1CCN(C(=O)c2ccc(F)cc2)C1. The second-order valence-corrected chi connectivity index (χ2v) is 8.27. The van der Waals surface area contributed by atoms with Crippen LogP contribution >= 0.6 is 0 Å². The van der Waals surface area contributed by atoms with E-state index in [0.29, 0.717) is 30.1 Å². The van der Waals surface area contributed by atoms with Crippen molar-refractivity contribution in [3.8, 4) is 0 Å². The van der Waals surface area contributed by atoms with Crippen LogP contribution in [0.5, 0.6) is 0 Å². The minimum atomic E-state index is -0.354. The van der Waals surface area contributed by atoms with E-state index in [0.717, 1.165) is 29.0 Å². The molecule has 1 fully saturated rings. The molecule has 3 rings (SSSR count). The molecule has 1 heterocycles. The maximum Gasteiger partial charge on any atom is 0.253 e. The molecule has 2 N–H and O–H groups in total. The van der Waals surface area contributed by atoms with Gasteiger partial charge in [-0.3, -0.25) is 9.59 Å². The van der Waals surface area contributed by atoms with Crippen molar-refractivity contribution in [2.24, 2.45) is 5.92 Å². The van der Waals surface area contributed by atoms with Crippen molar-refractivity contribution in [1.82, 2.24) is 15.1 Å². The lowest BCUT2D eigenvalue weighted by Gasteiger charge is -2.21. The summed E-state index contributed by atoms with van der Waals surface area (Å²) < 4.78 is 13.1. The first-order valence-electron chi connectivity index (χ1n) is 10.7. The maximum absolute atomic E-state index is 13.1. The molecule has 0 bridgehead atoms. The van der Waals surface area contributed by atoms with Gasteiger partial charge in [0, 0.05) is 55.8 Å². The molecule has 2 aromatic rings. The fourth-order valence-corrected chi connectivity index (χ4v) is 4.10. The van der Waals surface area contributed by atoms with E-state index in [1.54, 1.807) is 6.07 Å². The number of carbonyl (C=O) groups is 2. The lowest BCUT2D eigenvalue weighted by Crippen LogP contribution is -2.35. The number of hydrogen-bond acceptors (Lipinski definition) is 4. The van der Waals surface area contributed by atoms with Gasteiger partial charge in [-0.25, -0.2) is 4.39 Å². The van der Waals surface area contributed by atoms with Crippen molar-refractivity contribution in [3.63, 3.8) is 0 Å². The van der Waals surface area contributed by atoms with E-state index in [-0.39, 0.29) is 30.8 Å². The summed E-state index contributed by atoms with van der Waals surface area (Å²) in [6, 6.07) is 9.22. The summed E-state index contributed by atoms with van der Waals surface area (Å²) in [6.45, 7) is 8.16. The number of rotatable bonds is 7. The number of amides is 2. The second kappa shape index (κ2) is 10.4. The smallest absolute Gasteiger partial charge is 0.253 e. The van der Waals surface area contributed by atoms with Gasteiger partial charge < -0.3 is 20.2 Å². The van der Waals surface area contributed by atoms with Crippen molar-refractivity contribution in [2.45, 2.75) is 13.3 Å². The predicted molar refractivity (Wildman–Crippen MR) is 123 cm³/mol. The van der Waals surface area contributed by atoms with Crippen LogP contribution < -0.4 is 15.8 Å². The third kappa shape index (κ3) is 5.53. The Balaban J connectivity index is 1.68. The first-order valence-corrected chi connectivity index (χ1v) is 10.7. The van der Waals surface area contributed by atoms with E-state index < -0.39 is 0 Å². The Labute approximate surface area is 187 Å². The van der Waals surface area contributed by atoms with E-state index in [9.17, 15) is 14.0 Å². The van der Waals surface area contributed by atoms with Crippen LogP contribution in [-0.4, -0.2) is 66.6 Å². The van der Waals surface area contributed by atoms with Gasteiger partial charge in [0.15, 0.2) is 0 Å². The van der Waals surface area contributed by atoms with Crippen molar-refractivity contribution in [2.75, 3.05) is 39.8 Å². The van der Waals surface area contributed by atoms with Crippen LogP contribution in [0.25, 0.3) is 12.8 Å². The van der Waals surface area contributed by atoms with Gasteiger partial charge in [-0.05, 0) is 60.4 Å². The molecule has 7 heteroatoms. The highest BCUT2D eigenvalue weighted by atomic mass is 19.1. The fraction of sp³-hybridized carbons (Fsp3) is 0.360. The van der Waals surface area contributed by atoms with E-state index in [2.05, 4.69) is 16.8 Å². The highest BCUT2D eigenvalue weighted by Crippen LogP contribution is 2.20. The fourth-order valence-electron chi connectivity index (χ4n) is 4.10. The van der Waals surface area contributed by atoms with Crippen LogP contribution in [-0.2, 0) is 0 Å². The molecule has 1 aliphatic heterocycles. The van der Waals surface area contributed by atoms with Crippen LogP contribution in [0.3, 0.4) is 0 Å². The minimum absolute atomic E-state index is 0.0726. The van der Waals surface area contributed by atoms with Crippen LogP contribution in [0.4, 0.5) is 4.39 Å². The maximum atomic E-state index is 13.1. The quantitative estimate of drug-likeness (QED) is 0.678. The normalized spacial score (nSPS) is 16.3. The van der Waals surface area contributed by atoms with E-state index in [1.165, 1.54) is 24.3 Å². The van der Waals surface area contributed by atoms with Gasteiger partial charge in [-0.15, -0.1) is 0 Å². The summed E-state index contributed by atoms with van der Waals surface area (Å²) in [7, 11) is 1.97. The molecular weight excluding hydrogens is 409 g/mol. The van der Waals surface area contributed by atoms with Crippen molar-refractivity contribution >= 4 is 24.6 Å². The van der Waals surface area contributed by atoms with Crippen molar-refractivity contribution in [1.29, 1.82) is 0 Å². The molecule has 0 aliphatic carbocycles. The summed E-state index contributed by atoms with van der Waals surface area (Å²) in [6.07, 6.45) is 2.88. The topological polar surface area (TPSA) is 72.9 Å². The second-order valence-electron chi connectivity index (χ2n) is 8.27. The lowest BCUT2D eigenvalue weighted by molar-refractivity contribution is 0.0785. The molecular formula is C25H30FN3O3. The lowest BCUT2D eigenvalue weighted by atomic mass is 10.0.